The van der Waals surface area contributed by atoms with Crippen molar-refractivity contribution in [3.8, 4) is 0 Å². The molecule has 0 heterocycles. The zero-order valence-electron chi connectivity index (χ0n) is 11.2. The van der Waals surface area contributed by atoms with E-state index in [2.05, 4.69) is 43.1 Å². The lowest BCUT2D eigenvalue weighted by molar-refractivity contribution is 0.471. The zero-order chi connectivity index (χ0) is 13.1. The second kappa shape index (κ2) is 5.21. The fourth-order valence-electron chi connectivity index (χ4n) is 1.51. The van der Waals surface area contributed by atoms with E-state index in [1.807, 2.05) is 13.8 Å². The molecule has 3 N–H and O–H groups in total. The number of nitrogens with two attached hydrogens (primary N) is 1. The normalized spacial score (nSPS) is 11.3. The van der Waals surface area contributed by atoms with E-state index in [1.54, 1.807) is 0 Å². The molecule has 0 aliphatic heterocycles. The molecule has 1 rings (SSSR count). The Balaban J connectivity index is 2.58. The Labute approximate surface area is 104 Å². The number of aryl methyl sites for hydroxylation is 1. The largest absolute Gasteiger partial charge is 0.387 e. The van der Waals surface area contributed by atoms with Crippen LogP contribution < -0.4 is 10.6 Å². The van der Waals surface area contributed by atoms with Gasteiger partial charge >= 0.3 is 0 Å². The molecular formula is C14H23N3. The second-order valence-electron chi connectivity index (χ2n) is 5.30. The van der Waals surface area contributed by atoms with E-state index in [0.717, 1.165) is 13.0 Å². The standard InChI is InChI=1S/C14H23N3/c1-11-5-7-12(8-6-11)17(4)10-9-14(2,3)13(15)16/h5-8H,9-10H2,1-4H3,(H3,15,16). The topological polar surface area (TPSA) is 53.1 Å². The first-order valence-electron chi connectivity index (χ1n) is 5.95. The van der Waals surface area contributed by atoms with E-state index < -0.39 is 0 Å². The molecule has 0 aliphatic carbocycles. The van der Waals surface area contributed by atoms with E-state index in [4.69, 9.17) is 11.1 Å². The monoisotopic (exact) mass is 233 g/mol. The summed E-state index contributed by atoms with van der Waals surface area (Å²) in [5, 5.41) is 7.53. The van der Waals surface area contributed by atoms with Crippen molar-refractivity contribution in [2.24, 2.45) is 11.1 Å². The van der Waals surface area contributed by atoms with Crippen molar-refractivity contribution >= 4 is 11.5 Å². The number of amidine groups is 1. The highest BCUT2D eigenvalue weighted by Crippen LogP contribution is 2.22. The van der Waals surface area contributed by atoms with Crippen molar-refractivity contribution in [2.75, 3.05) is 18.5 Å². The maximum Gasteiger partial charge on any atom is 0.0963 e. The first-order valence-corrected chi connectivity index (χ1v) is 5.95. The Morgan fingerprint density at radius 1 is 1.29 bits per heavy atom. The lowest BCUT2D eigenvalue weighted by Gasteiger charge is -2.27. The summed E-state index contributed by atoms with van der Waals surface area (Å²) in [5.41, 5.74) is 7.83. The van der Waals surface area contributed by atoms with Crippen LogP contribution in [0.4, 0.5) is 5.69 Å². The third-order valence-electron chi connectivity index (χ3n) is 3.28. The molecule has 0 amide bonds. The molecule has 0 aliphatic rings. The van der Waals surface area contributed by atoms with Crippen LogP contribution in [0, 0.1) is 17.7 Å². The Morgan fingerprint density at radius 2 is 1.82 bits per heavy atom. The van der Waals surface area contributed by atoms with Crippen molar-refractivity contribution in [3.05, 3.63) is 29.8 Å². The minimum absolute atomic E-state index is 0.223. The molecule has 0 aromatic heterocycles. The predicted octanol–water partition coefficient (Wildman–Crippen LogP) is 2.78. The number of anilines is 1. The molecule has 3 nitrogen and oxygen atoms in total. The summed E-state index contributed by atoms with van der Waals surface area (Å²) in [7, 11) is 2.07. The van der Waals surface area contributed by atoms with Crippen LogP contribution >= 0.6 is 0 Å². The van der Waals surface area contributed by atoms with Gasteiger partial charge in [-0.05, 0) is 25.5 Å². The summed E-state index contributed by atoms with van der Waals surface area (Å²) in [6.45, 7) is 7.01. The van der Waals surface area contributed by atoms with Gasteiger partial charge in [-0.25, -0.2) is 0 Å². The van der Waals surface area contributed by atoms with Gasteiger partial charge < -0.3 is 10.6 Å². The Kier molecular flexibility index (Phi) is 4.16. The average molecular weight is 233 g/mol. The number of benzene rings is 1. The lowest BCUT2D eigenvalue weighted by Crippen LogP contribution is -2.34. The maximum absolute atomic E-state index is 7.53. The van der Waals surface area contributed by atoms with Crippen LogP contribution in [0.2, 0.25) is 0 Å². The molecule has 0 fully saturated rings. The fraction of sp³-hybridized carbons (Fsp3) is 0.500. The third kappa shape index (κ3) is 3.77. The smallest absolute Gasteiger partial charge is 0.0963 e. The van der Waals surface area contributed by atoms with Crippen molar-refractivity contribution in [1.29, 1.82) is 5.41 Å². The first-order chi connectivity index (χ1) is 7.83. The second-order valence-corrected chi connectivity index (χ2v) is 5.30. The Bertz CT molecular complexity index is 379. The molecule has 3 heteroatoms. The zero-order valence-corrected chi connectivity index (χ0v) is 11.2. The fourth-order valence-corrected chi connectivity index (χ4v) is 1.51. The minimum atomic E-state index is -0.223. The summed E-state index contributed by atoms with van der Waals surface area (Å²) in [6, 6.07) is 8.47. The number of hydrogen-bond acceptors (Lipinski definition) is 2. The van der Waals surface area contributed by atoms with E-state index in [0.29, 0.717) is 0 Å². The van der Waals surface area contributed by atoms with Gasteiger partial charge in [0.2, 0.25) is 0 Å². The van der Waals surface area contributed by atoms with E-state index in [-0.39, 0.29) is 11.3 Å². The van der Waals surface area contributed by atoms with Crippen LogP contribution in [0.1, 0.15) is 25.8 Å². The summed E-state index contributed by atoms with van der Waals surface area (Å²) in [4.78, 5) is 2.20. The molecule has 17 heavy (non-hydrogen) atoms. The molecule has 1 aromatic rings. The molecule has 1 aromatic carbocycles. The molecular weight excluding hydrogens is 210 g/mol. The number of nitrogens with one attached hydrogen (secondary N) is 1. The highest BCUT2D eigenvalue weighted by Gasteiger charge is 2.21. The Hall–Kier alpha value is -1.51. The van der Waals surface area contributed by atoms with E-state index in [1.165, 1.54) is 11.3 Å². The highest BCUT2D eigenvalue weighted by atomic mass is 15.1. The van der Waals surface area contributed by atoms with Crippen LogP contribution in [0.25, 0.3) is 0 Å². The van der Waals surface area contributed by atoms with Gasteiger partial charge in [-0.1, -0.05) is 31.5 Å². The van der Waals surface area contributed by atoms with Crippen molar-refractivity contribution in [2.45, 2.75) is 27.2 Å². The molecule has 0 spiro atoms. The van der Waals surface area contributed by atoms with Gasteiger partial charge in [-0.2, -0.15) is 0 Å². The van der Waals surface area contributed by atoms with E-state index in [9.17, 15) is 0 Å². The lowest BCUT2D eigenvalue weighted by atomic mass is 9.88. The van der Waals surface area contributed by atoms with Gasteiger partial charge in [0.05, 0.1) is 5.84 Å². The summed E-state index contributed by atoms with van der Waals surface area (Å²) < 4.78 is 0. The number of hydrogen-bond donors (Lipinski definition) is 2. The molecule has 0 unspecified atom stereocenters. The Morgan fingerprint density at radius 3 is 2.29 bits per heavy atom. The van der Waals surface area contributed by atoms with Crippen molar-refractivity contribution in [3.63, 3.8) is 0 Å². The van der Waals surface area contributed by atoms with Gasteiger partial charge in [0.25, 0.3) is 0 Å². The van der Waals surface area contributed by atoms with Gasteiger partial charge in [-0.3, -0.25) is 5.41 Å². The van der Waals surface area contributed by atoms with Crippen LogP contribution in [-0.4, -0.2) is 19.4 Å². The van der Waals surface area contributed by atoms with Crippen molar-refractivity contribution < 1.29 is 0 Å². The maximum atomic E-state index is 7.53. The molecule has 0 bridgehead atoms. The quantitative estimate of drug-likeness (QED) is 0.607. The van der Waals surface area contributed by atoms with E-state index >= 15 is 0 Å². The molecule has 0 radical (unpaired) electrons. The first kappa shape index (κ1) is 13.6. The summed E-state index contributed by atoms with van der Waals surface area (Å²) in [5.74, 6) is 0.259. The van der Waals surface area contributed by atoms with Crippen LogP contribution in [-0.2, 0) is 0 Å². The molecule has 0 saturated heterocycles. The third-order valence-corrected chi connectivity index (χ3v) is 3.28. The van der Waals surface area contributed by atoms with Gasteiger partial charge in [-0.15, -0.1) is 0 Å². The summed E-state index contributed by atoms with van der Waals surface area (Å²) >= 11 is 0. The van der Waals surface area contributed by atoms with Crippen LogP contribution in [0.5, 0.6) is 0 Å². The molecule has 0 saturated carbocycles. The SMILES string of the molecule is Cc1ccc(N(C)CCC(C)(C)C(=N)N)cc1. The molecule has 0 atom stereocenters. The number of nitrogens with zero attached hydrogens (tertiary/aromatic N) is 1. The van der Waals surface area contributed by atoms with Gasteiger partial charge in [0.15, 0.2) is 0 Å². The number of rotatable bonds is 5. The van der Waals surface area contributed by atoms with Gasteiger partial charge in [0.1, 0.15) is 0 Å². The van der Waals surface area contributed by atoms with Gasteiger partial charge in [0, 0.05) is 24.7 Å². The minimum Gasteiger partial charge on any atom is -0.387 e. The van der Waals surface area contributed by atoms with Crippen molar-refractivity contribution in [1.82, 2.24) is 0 Å². The van der Waals surface area contributed by atoms with Crippen LogP contribution in [0.15, 0.2) is 24.3 Å². The average Bonchev–Trinajstić information content (AvgIpc) is 2.27. The molecule has 94 valence electrons. The van der Waals surface area contributed by atoms with Crippen LogP contribution in [0.3, 0.4) is 0 Å². The highest BCUT2D eigenvalue weighted by molar-refractivity contribution is 5.82. The summed E-state index contributed by atoms with van der Waals surface area (Å²) in [6.07, 6.45) is 0.882. The predicted molar refractivity (Wildman–Crippen MR) is 74.8 cm³/mol.